The van der Waals surface area contributed by atoms with Crippen LogP contribution in [0.2, 0.25) is 0 Å². The molecule has 114 valence electrons. The predicted molar refractivity (Wildman–Crippen MR) is 82.0 cm³/mol. The van der Waals surface area contributed by atoms with Crippen molar-refractivity contribution in [3.63, 3.8) is 0 Å². The number of carbonyl (C=O) groups excluding carboxylic acids is 1. The first-order valence-corrected chi connectivity index (χ1v) is 7.36. The molecular formula is C15H33N3O. The molecule has 0 aromatic rings. The normalized spacial score (nSPS) is 16.9. The van der Waals surface area contributed by atoms with Crippen LogP contribution in [0.1, 0.15) is 54.4 Å². The lowest BCUT2D eigenvalue weighted by Crippen LogP contribution is -2.58. The first-order chi connectivity index (χ1) is 8.58. The van der Waals surface area contributed by atoms with Gasteiger partial charge < -0.3 is 16.0 Å². The zero-order valence-corrected chi connectivity index (χ0v) is 13.8. The van der Waals surface area contributed by atoms with Gasteiger partial charge in [-0.25, -0.2) is 0 Å². The number of nitrogens with two attached hydrogens (primary N) is 1. The van der Waals surface area contributed by atoms with Gasteiger partial charge in [0.05, 0.1) is 5.54 Å². The van der Waals surface area contributed by atoms with Gasteiger partial charge in [0.1, 0.15) is 0 Å². The molecule has 0 heterocycles. The van der Waals surface area contributed by atoms with E-state index in [9.17, 15) is 4.79 Å². The Morgan fingerprint density at radius 3 is 2.16 bits per heavy atom. The maximum absolute atomic E-state index is 11.7. The third-order valence-electron chi connectivity index (χ3n) is 3.67. The van der Waals surface area contributed by atoms with E-state index in [0.29, 0.717) is 12.0 Å². The minimum Gasteiger partial charge on any atom is -0.368 e. The van der Waals surface area contributed by atoms with Crippen LogP contribution in [0, 0.1) is 5.92 Å². The summed E-state index contributed by atoms with van der Waals surface area (Å²) in [6.07, 6.45) is 1.90. The number of nitrogens with zero attached hydrogens (tertiary/aromatic N) is 1. The van der Waals surface area contributed by atoms with Crippen molar-refractivity contribution in [3.05, 3.63) is 0 Å². The molecule has 0 saturated carbocycles. The van der Waals surface area contributed by atoms with E-state index >= 15 is 0 Å². The summed E-state index contributed by atoms with van der Waals surface area (Å²) in [6, 6.07) is 0.563. The predicted octanol–water partition coefficient (Wildman–Crippen LogP) is 1.98. The van der Waals surface area contributed by atoms with Gasteiger partial charge in [0.15, 0.2) is 0 Å². The van der Waals surface area contributed by atoms with Gasteiger partial charge in [0.25, 0.3) is 0 Å². The molecule has 1 amide bonds. The highest BCUT2D eigenvalue weighted by molar-refractivity contribution is 5.84. The van der Waals surface area contributed by atoms with E-state index in [-0.39, 0.29) is 11.9 Å². The number of nitrogens with one attached hydrogen (secondary N) is 1. The molecule has 0 spiro atoms. The fourth-order valence-corrected chi connectivity index (χ4v) is 2.30. The molecule has 2 atom stereocenters. The molecule has 0 rings (SSSR count). The van der Waals surface area contributed by atoms with E-state index in [4.69, 9.17) is 5.73 Å². The largest absolute Gasteiger partial charge is 0.368 e. The van der Waals surface area contributed by atoms with Crippen molar-refractivity contribution in [2.24, 2.45) is 11.7 Å². The molecule has 0 saturated heterocycles. The number of amides is 1. The Balaban J connectivity index is 4.54. The minimum atomic E-state index is -0.639. The van der Waals surface area contributed by atoms with Crippen LogP contribution in [-0.4, -0.2) is 42.0 Å². The monoisotopic (exact) mass is 271 g/mol. The van der Waals surface area contributed by atoms with Crippen molar-refractivity contribution >= 4 is 5.91 Å². The van der Waals surface area contributed by atoms with E-state index in [1.165, 1.54) is 6.42 Å². The zero-order chi connectivity index (χ0) is 15.2. The summed E-state index contributed by atoms with van der Waals surface area (Å²) in [6.45, 7) is 13.6. The van der Waals surface area contributed by atoms with Crippen LogP contribution in [0.4, 0.5) is 0 Å². The van der Waals surface area contributed by atoms with Crippen molar-refractivity contribution in [3.8, 4) is 0 Å². The maximum Gasteiger partial charge on any atom is 0.237 e. The lowest BCUT2D eigenvalue weighted by Gasteiger charge is -2.35. The summed E-state index contributed by atoms with van der Waals surface area (Å²) in [5.74, 6) is 0.427. The average molecular weight is 271 g/mol. The van der Waals surface area contributed by atoms with Gasteiger partial charge in [-0.1, -0.05) is 13.8 Å². The quantitative estimate of drug-likeness (QED) is 0.674. The number of hydrogen-bond donors (Lipinski definition) is 2. The van der Waals surface area contributed by atoms with Crippen LogP contribution < -0.4 is 11.1 Å². The number of carbonyl (C=O) groups is 1. The van der Waals surface area contributed by atoms with Crippen molar-refractivity contribution in [1.82, 2.24) is 10.2 Å². The number of hydrogen-bond acceptors (Lipinski definition) is 3. The fraction of sp³-hybridized carbons (Fsp3) is 0.933. The third-order valence-corrected chi connectivity index (χ3v) is 3.67. The van der Waals surface area contributed by atoms with E-state index in [2.05, 4.69) is 38.0 Å². The molecule has 0 fully saturated rings. The van der Waals surface area contributed by atoms with Crippen molar-refractivity contribution < 1.29 is 4.79 Å². The summed E-state index contributed by atoms with van der Waals surface area (Å²) in [5.41, 5.74) is 4.93. The summed E-state index contributed by atoms with van der Waals surface area (Å²) in [7, 11) is 2.11. The van der Waals surface area contributed by atoms with Gasteiger partial charge >= 0.3 is 0 Å². The first kappa shape index (κ1) is 18.4. The lowest BCUT2D eigenvalue weighted by atomic mass is 9.91. The van der Waals surface area contributed by atoms with Crippen LogP contribution in [-0.2, 0) is 4.79 Å². The van der Waals surface area contributed by atoms with Gasteiger partial charge in [0, 0.05) is 12.1 Å². The fourth-order valence-electron chi connectivity index (χ4n) is 2.30. The van der Waals surface area contributed by atoms with E-state index in [1.807, 2.05) is 20.8 Å². The van der Waals surface area contributed by atoms with Crippen LogP contribution in [0.15, 0.2) is 0 Å². The summed E-state index contributed by atoms with van der Waals surface area (Å²) < 4.78 is 0. The Morgan fingerprint density at radius 1 is 1.26 bits per heavy atom. The van der Waals surface area contributed by atoms with Crippen LogP contribution in [0.3, 0.4) is 0 Å². The second-order valence-electron chi connectivity index (χ2n) is 6.71. The van der Waals surface area contributed by atoms with Gasteiger partial charge in [-0.15, -0.1) is 0 Å². The number of primary amides is 1. The Morgan fingerprint density at radius 2 is 1.79 bits per heavy atom. The van der Waals surface area contributed by atoms with E-state index in [1.54, 1.807) is 0 Å². The second kappa shape index (κ2) is 7.85. The number of rotatable bonds is 9. The lowest BCUT2D eigenvalue weighted by molar-refractivity contribution is -0.124. The molecule has 0 aliphatic rings. The van der Waals surface area contributed by atoms with Crippen molar-refractivity contribution in [2.45, 2.75) is 72.0 Å². The van der Waals surface area contributed by atoms with Gasteiger partial charge in [-0.05, 0) is 60.0 Å². The smallest absolute Gasteiger partial charge is 0.237 e. The Hall–Kier alpha value is -0.610. The molecule has 0 radical (unpaired) electrons. The second-order valence-corrected chi connectivity index (χ2v) is 6.71. The zero-order valence-electron chi connectivity index (χ0n) is 13.8. The molecule has 4 heteroatoms. The highest BCUT2D eigenvalue weighted by Gasteiger charge is 2.34. The summed E-state index contributed by atoms with van der Waals surface area (Å²) in [5, 5.41) is 3.31. The maximum atomic E-state index is 11.7. The molecule has 4 nitrogen and oxygen atoms in total. The van der Waals surface area contributed by atoms with Crippen molar-refractivity contribution in [1.29, 1.82) is 0 Å². The molecule has 2 unspecified atom stereocenters. The van der Waals surface area contributed by atoms with Gasteiger partial charge in [0.2, 0.25) is 5.91 Å². The Bertz CT molecular complexity index is 279. The molecule has 0 aromatic carbocycles. The van der Waals surface area contributed by atoms with E-state index < -0.39 is 5.54 Å². The molecule has 0 aliphatic heterocycles. The average Bonchev–Trinajstić information content (AvgIpc) is 2.24. The minimum absolute atomic E-state index is 0.241. The molecule has 0 aromatic heterocycles. The summed E-state index contributed by atoms with van der Waals surface area (Å²) in [4.78, 5) is 14.0. The summed E-state index contributed by atoms with van der Waals surface area (Å²) >= 11 is 0. The molecule has 0 bridgehead atoms. The highest BCUT2D eigenvalue weighted by atomic mass is 16.1. The third kappa shape index (κ3) is 6.92. The molecule has 3 N–H and O–H groups in total. The topological polar surface area (TPSA) is 58.4 Å². The van der Waals surface area contributed by atoms with Crippen LogP contribution in [0.5, 0.6) is 0 Å². The van der Waals surface area contributed by atoms with Crippen LogP contribution >= 0.6 is 0 Å². The molecule has 0 aliphatic carbocycles. The molecular weight excluding hydrogens is 238 g/mol. The molecule has 19 heavy (non-hydrogen) atoms. The van der Waals surface area contributed by atoms with Gasteiger partial charge in [-0.2, -0.15) is 0 Å². The van der Waals surface area contributed by atoms with Gasteiger partial charge in [-0.3, -0.25) is 4.79 Å². The van der Waals surface area contributed by atoms with Crippen molar-refractivity contribution in [2.75, 3.05) is 13.6 Å². The van der Waals surface area contributed by atoms with E-state index in [0.717, 1.165) is 13.0 Å². The Kier molecular flexibility index (Phi) is 7.60. The highest BCUT2D eigenvalue weighted by Crippen LogP contribution is 2.17. The first-order valence-electron chi connectivity index (χ1n) is 7.36. The Labute approximate surface area is 119 Å². The van der Waals surface area contributed by atoms with Crippen LogP contribution in [0.25, 0.3) is 0 Å². The SMILES string of the molecule is CC(C)CCN(C)C(C)CC(C)(NC(C)C)C(N)=O. The standard InChI is InChI=1S/C15H33N3O/c1-11(2)8-9-18(7)13(5)10-15(6,14(16)19)17-12(3)4/h11-13,17H,8-10H2,1-7H3,(H2,16,19).